The molecule has 0 bridgehead atoms. The van der Waals surface area contributed by atoms with E-state index in [0.29, 0.717) is 0 Å². The van der Waals surface area contributed by atoms with E-state index in [0.717, 1.165) is 36.3 Å². The van der Waals surface area contributed by atoms with E-state index in [-0.39, 0.29) is 0 Å². The molecule has 0 amide bonds. The molecule has 0 aromatic heterocycles. The monoisotopic (exact) mass is 179 g/mol. The molecule has 2 heteroatoms. The van der Waals surface area contributed by atoms with Crippen molar-refractivity contribution in [3.8, 4) is 5.75 Å². The van der Waals surface area contributed by atoms with Crippen molar-refractivity contribution in [3.63, 3.8) is 0 Å². The van der Waals surface area contributed by atoms with E-state index in [9.17, 15) is 0 Å². The molecule has 71 valence electrons. The van der Waals surface area contributed by atoms with Crippen LogP contribution in [0.4, 0.5) is 0 Å². The Balaban J connectivity index is 3.03. The molecular weight excluding hydrogens is 164 g/mol. The maximum Gasteiger partial charge on any atom is 0.127 e. The lowest BCUT2D eigenvalue weighted by atomic mass is 10.1. The lowest BCUT2D eigenvalue weighted by Gasteiger charge is -2.10. The number of aliphatic hydroxyl groups excluding tert-OH is 1. The molecule has 0 atom stereocenters. The Hall–Kier alpha value is -1.02. The van der Waals surface area contributed by atoms with Gasteiger partial charge in [-0.25, -0.2) is 0 Å². The third-order valence-electron chi connectivity index (χ3n) is 1.99. The zero-order valence-corrected chi connectivity index (χ0v) is 8.08. The van der Waals surface area contributed by atoms with E-state index in [1.807, 2.05) is 18.2 Å². The van der Waals surface area contributed by atoms with Gasteiger partial charge in [0.05, 0.1) is 7.11 Å². The topological polar surface area (TPSA) is 29.5 Å². The van der Waals surface area contributed by atoms with Crippen LogP contribution in [0.3, 0.4) is 0 Å². The first-order chi connectivity index (χ1) is 6.33. The second kappa shape index (κ2) is 4.87. The molecule has 0 heterocycles. The molecule has 1 rings (SSSR count). The number of hydrogen-bond donors (Lipinski definition) is 1. The zero-order chi connectivity index (χ0) is 9.68. The summed E-state index contributed by atoms with van der Waals surface area (Å²) in [6.07, 6.45) is 2.05. The summed E-state index contributed by atoms with van der Waals surface area (Å²) in [4.78, 5) is 0. The number of aliphatic hydroxyl groups is 1. The summed E-state index contributed by atoms with van der Waals surface area (Å²) >= 11 is 0. The number of aryl methyl sites for hydroxylation is 1. The number of para-hydroxylation sites is 1. The Bertz CT molecular complexity index is 269. The number of methoxy groups -OCH3 is 1. The van der Waals surface area contributed by atoms with E-state index < -0.39 is 0 Å². The molecule has 0 unspecified atom stereocenters. The molecule has 1 aromatic carbocycles. The number of ether oxygens (including phenoxy) is 1. The first kappa shape index (κ1) is 10.1. The molecule has 13 heavy (non-hydrogen) atoms. The highest BCUT2D eigenvalue weighted by molar-refractivity contribution is 5.44. The molecule has 0 aliphatic rings. The highest BCUT2D eigenvalue weighted by Gasteiger charge is 2.06. The fourth-order valence-electron chi connectivity index (χ4n) is 1.42. The van der Waals surface area contributed by atoms with Crippen LogP contribution in [0, 0.1) is 6.61 Å². The van der Waals surface area contributed by atoms with Crippen molar-refractivity contribution in [2.75, 3.05) is 7.11 Å². The van der Waals surface area contributed by atoms with Crippen LogP contribution in [-0.4, -0.2) is 12.2 Å². The minimum atomic E-state index is 0.744. The zero-order valence-electron chi connectivity index (χ0n) is 8.08. The van der Waals surface area contributed by atoms with Crippen molar-refractivity contribution in [1.82, 2.24) is 0 Å². The van der Waals surface area contributed by atoms with E-state index in [1.165, 1.54) is 0 Å². The SMILES string of the molecule is CCCc1cccc([CH]O)c1OC. The Kier molecular flexibility index (Phi) is 3.77. The standard InChI is InChI=1S/C11H15O2/c1-3-5-9-6-4-7-10(8-12)11(9)13-2/h4,6-8,12H,3,5H2,1-2H3. The normalized spacial score (nSPS) is 10.1. The van der Waals surface area contributed by atoms with Crippen molar-refractivity contribution in [2.24, 2.45) is 0 Å². The van der Waals surface area contributed by atoms with Crippen molar-refractivity contribution in [2.45, 2.75) is 19.8 Å². The van der Waals surface area contributed by atoms with E-state index in [1.54, 1.807) is 7.11 Å². The smallest absolute Gasteiger partial charge is 0.127 e. The molecule has 1 N–H and O–H groups in total. The number of hydrogen-bond acceptors (Lipinski definition) is 2. The van der Waals surface area contributed by atoms with Crippen LogP contribution in [0.25, 0.3) is 0 Å². The second-order valence-corrected chi connectivity index (χ2v) is 2.92. The molecular formula is C11H15O2. The van der Waals surface area contributed by atoms with Gasteiger partial charge in [0.1, 0.15) is 12.4 Å². The van der Waals surface area contributed by atoms with E-state index in [4.69, 9.17) is 9.84 Å². The minimum absolute atomic E-state index is 0.744. The summed E-state index contributed by atoms with van der Waals surface area (Å²) in [6.45, 7) is 3.20. The maximum atomic E-state index is 8.94. The lowest BCUT2D eigenvalue weighted by molar-refractivity contribution is 0.381. The Morgan fingerprint density at radius 1 is 1.46 bits per heavy atom. The minimum Gasteiger partial charge on any atom is -0.496 e. The third-order valence-corrected chi connectivity index (χ3v) is 1.99. The van der Waals surface area contributed by atoms with Crippen LogP contribution in [0.2, 0.25) is 0 Å². The lowest BCUT2D eigenvalue weighted by Crippen LogP contribution is -1.96. The van der Waals surface area contributed by atoms with Crippen LogP contribution in [-0.2, 0) is 6.42 Å². The first-order valence-electron chi connectivity index (χ1n) is 4.46. The maximum absolute atomic E-state index is 8.94. The van der Waals surface area contributed by atoms with Gasteiger partial charge in [-0.3, -0.25) is 0 Å². The first-order valence-corrected chi connectivity index (χ1v) is 4.46. The Morgan fingerprint density at radius 2 is 2.23 bits per heavy atom. The van der Waals surface area contributed by atoms with Gasteiger partial charge >= 0.3 is 0 Å². The average molecular weight is 179 g/mol. The molecule has 2 nitrogen and oxygen atoms in total. The van der Waals surface area contributed by atoms with Crippen LogP contribution < -0.4 is 4.74 Å². The summed E-state index contributed by atoms with van der Waals surface area (Å²) in [6, 6.07) is 5.78. The molecule has 0 aliphatic heterocycles. The average Bonchev–Trinajstić information content (AvgIpc) is 2.18. The number of benzene rings is 1. The van der Waals surface area contributed by atoms with Gasteiger partial charge in [-0.2, -0.15) is 0 Å². The number of rotatable bonds is 4. The molecule has 0 saturated carbocycles. The molecule has 0 spiro atoms. The second-order valence-electron chi connectivity index (χ2n) is 2.92. The van der Waals surface area contributed by atoms with Gasteiger partial charge in [-0.15, -0.1) is 0 Å². The third kappa shape index (κ3) is 2.22. The summed E-state index contributed by atoms with van der Waals surface area (Å²) in [5.74, 6) is 0.784. The van der Waals surface area contributed by atoms with E-state index in [2.05, 4.69) is 6.92 Å². The van der Waals surface area contributed by atoms with Crippen molar-refractivity contribution in [1.29, 1.82) is 0 Å². The molecule has 0 aliphatic carbocycles. The van der Waals surface area contributed by atoms with Crippen LogP contribution >= 0.6 is 0 Å². The molecule has 0 fully saturated rings. The van der Waals surface area contributed by atoms with Crippen LogP contribution in [0.1, 0.15) is 24.5 Å². The van der Waals surface area contributed by atoms with Gasteiger partial charge in [-0.1, -0.05) is 31.5 Å². The quantitative estimate of drug-likeness (QED) is 0.769. The summed E-state index contributed by atoms with van der Waals surface area (Å²) in [5, 5.41) is 8.94. The molecule has 0 saturated heterocycles. The van der Waals surface area contributed by atoms with Gasteiger partial charge < -0.3 is 9.84 Å². The molecule has 1 aromatic rings. The van der Waals surface area contributed by atoms with E-state index >= 15 is 0 Å². The van der Waals surface area contributed by atoms with Crippen LogP contribution in [0.15, 0.2) is 18.2 Å². The van der Waals surface area contributed by atoms with Crippen molar-refractivity contribution >= 4 is 0 Å². The largest absolute Gasteiger partial charge is 0.496 e. The van der Waals surface area contributed by atoms with Gasteiger partial charge in [0, 0.05) is 5.56 Å². The predicted molar refractivity (Wildman–Crippen MR) is 52.3 cm³/mol. The fraction of sp³-hybridized carbons (Fsp3) is 0.364. The molecule has 1 radical (unpaired) electrons. The highest BCUT2D eigenvalue weighted by atomic mass is 16.5. The van der Waals surface area contributed by atoms with Gasteiger partial charge in [-0.05, 0) is 12.0 Å². The van der Waals surface area contributed by atoms with Crippen molar-refractivity contribution < 1.29 is 9.84 Å². The van der Waals surface area contributed by atoms with Gasteiger partial charge in [0.25, 0.3) is 0 Å². The van der Waals surface area contributed by atoms with Gasteiger partial charge in [0.2, 0.25) is 0 Å². The Morgan fingerprint density at radius 3 is 2.77 bits per heavy atom. The van der Waals surface area contributed by atoms with Crippen LogP contribution in [0.5, 0.6) is 5.75 Å². The summed E-state index contributed by atoms with van der Waals surface area (Å²) < 4.78 is 5.23. The Labute approximate surface area is 79.2 Å². The highest BCUT2D eigenvalue weighted by Crippen LogP contribution is 2.25. The van der Waals surface area contributed by atoms with Crippen molar-refractivity contribution in [3.05, 3.63) is 35.9 Å². The predicted octanol–water partition coefficient (Wildman–Crippen LogP) is 2.53. The summed E-state index contributed by atoms with van der Waals surface area (Å²) in [7, 11) is 1.63. The fourth-order valence-corrected chi connectivity index (χ4v) is 1.42. The summed E-state index contributed by atoms with van der Waals surface area (Å²) in [5.41, 5.74) is 1.89. The van der Waals surface area contributed by atoms with Gasteiger partial charge in [0.15, 0.2) is 0 Å².